The van der Waals surface area contributed by atoms with Gasteiger partial charge in [0.25, 0.3) is 5.91 Å². The number of aromatic nitrogens is 2. The van der Waals surface area contributed by atoms with Crippen molar-refractivity contribution in [3.63, 3.8) is 0 Å². The number of carbonyl (C=O) groups is 1. The molecule has 0 fully saturated rings. The standard InChI is InChI=1S/C14H12Cl3N3O/c1-8(9-4-3-5-10(15)6-9)20(2)14(21)11-7-12(16)18-19-13(11)17/h3-8H,1-2H3. The van der Waals surface area contributed by atoms with E-state index in [0.717, 1.165) is 5.56 Å². The number of halogens is 3. The first-order chi connectivity index (χ1) is 9.90. The third-order valence-corrected chi connectivity index (χ3v) is 3.88. The first kappa shape index (κ1) is 16.0. The highest BCUT2D eigenvalue weighted by Gasteiger charge is 2.22. The van der Waals surface area contributed by atoms with Crippen LogP contribution in [0, 0.1) is 0 Å². The van der Waals surface area contributed by atoms with Gasteiger partial charge in [-0.05, 0) is 30.7 Å². The number of amides is 1. The minimum Gasteiger partial charge on any atom is -0.335 e. The van der Waals surface area contributed by atoms with Gasteiger partial charge in [0.1, 0.15) is 0 Å². The van der Waals surface area contributed by atoms with Crippen molar-refractivity contribution in [3.8, 4) is 0 Å². The van der Waals surface area contributed by atoms with Crippen molar-refractivity contribution < 1.29 is 4.79 Å². The van der Waals surface area contributed by atoms with E-state index in [1.807, 2.05) is 25.1 Å². The lowest BCUT2D eigenvalue weighted by atomic mass is 10.1. The van der Waals surface area contributed by atoms with Crippen LogP contribution in [-0.4, -0.2) is 28.1 Å². The third kappa shape index (κ3) is 3.64. The highest BCUT2D eigenvalue weighted by Crippen LogP contribution is 2.25. The molecule has 1 aromatic heterocycles. The molecule has 0 bridgehead atoms. The fraction of sp³-hybridized carbons (Fsp3) is 0.214. The van der Waals surface area contributed by atoms with Gasteiger partial charge in [-0.3, -0.25) is 4.79 Å². The van der Waals surface area contributed by atoms with Crippen molar-refractivity contribution in [3.05, 3.63) is 56.8 Å². The maximum atomic E-state index is 12.5. The summed E-state index contributed by atoms with van der Waals surface area (Å²) in [6, 6.07) is 8.56. The average Bonchev–Trinajstić information content (AvgIpc) is 2.47. The van der Waals surface area contributed by atoms with Gasteiger partial charge in [0.05, 0.1) is 11.6 Å². The Labute approximate surface area is 137 Å². The number of rotatable bonds is 3. The average molecular weight is 345 g/mol. The monoisotopic (exact) mass is 343 g/mol. The fourth-order valence-corrected chi connectivity index (χ4v) is 2.38. The van der Waals surface area contributed by atoms with Crippen molar-refractivity contribution in [2.24, 2.45) is 0 Å². The maximum absolute atomic E-state index is 12.5. The molecule has 0 saturated heterocycles. The van der Waals surface area contributed by atoms with Crippen LogP contribution < -0.4 is 0 Å². The molecule has 1 heterocycles. The van der Waals surface area contributed by atoms with Gasteiger partial charge in [0, 0.05) is 12.1 Å². The molecule has 0 saturated carbocycles. The van der Waals surface area contributed by atoms with Gasteiger partial charge < -0.3 is 4.90 Å². The van der Waals surface area contributed by atoms with Gasteiger partial charge >= 0.3 is 0 Å². The van der Waals surface area contributed by atoms with Crippen LogP contribution in [0.3, 0.4) is 0 Å². The molecule has 0 spiro atoms. The highest BCUT2D eigenvalue weighted by molar-refractivity contribution is 6.34. The molecule has 21 heavy (non-hydrogen) atoms. The molecular weight excluding hydrogens is 333 g/mol. The van der Waals surface area contributed by atoms with Crippen LogP contribution in [0.2, 0.25) is 15.3 Å². The fourth-order valence-electron chi connectivity index (χ4n) is 1.86. The second-order valence-corrected chi connectivity index (χ2v) is 5.70. The Hall–Kier alpha value is -1.36. The van der Waals surface area contributed by atoms with E-state index in [1.54, 1.807) is 18.0 Å². The Bertz CT molecular complexity index is 678. The minimum absolute atomic E-state index is 0.0227. The Balaban J connectivity index is 2.28. The van der Waals surface area contributed by atoms with E-state index in [2.05, 4.69) is 10.2 Å². The Morgan fingerprint density at radius 1 is 1.19 bits per heavy atom. The molecule has 0 aliphatic heterocycles. The summed E-state index contributed by atoms with van der Waals surface area (Å²) in [5, 5.41) is 7.99. The second kappa shape index (κ2) is 6.60. The first-order valence-electron chi connectivity index (χ1n) is 6.11. The minimum atomic E-state index is -0.288. The smallest absolute Gasteiger partial charge is 0.257 e. The molecule has 1 unspecified atom stereocenters. The highest BCUT2D eigenvalue weighted by atomic mass is 35.5. The molecule has 1 atom stereocenters. The van der Waals surface area contributed by atoms with E-state index in [-0.39, 0.29) is 27.8 Å². The predicted octanol–water partition coefficient (Wildman–Crippen LogP) is 4.27. The van der Waals surface area contributed by atoms with E-state index in [0.29, 0.717) is 5.02 Å². The maximum Gasteiger partial charge on any atom is 0.257 e. The summed E-state index contributed by atoms with van der Waals surface area (Å²) in [6.45, 7) is 1.90. The normalized spacial score (nSPS) is 12.0. The van der Waals surface area contributed by atoms with Crippen molar-refractivity contribution in [1.29, 1.82) is 0 Å². The van der Waals surface area contributed by atoms with Gasteiger partial charge in [0.15, 0.2) is 10.3 Å². The van der Waals surface area contributed by atoms with E-state index < -0.39 is 0 Å². The van der Waals surface area contributed by atoms with Crippen molar-refractivity contribution in [2.45, 2.75) is 13.0 Å². The van der Waals surface area contributed by atoms with E-state index >= 15 is 0 Å². The van der Waals surface area contributed by atoms with Crippen molar-refractivity contribution >= 4 is 40.7 Å². The molecule has 7 heteroatoms. The van der Waals surface area contributed by atoms with E-state index in [4.69, 9.17) is 34.8 Å². The zero-order valence-electron chi connectivity index (χ0n) is 11.3. The van der Waals surface area contributed by atoms with Crippen LogP contribution in [0.1, 0.15) is 28.9 Å². The summed E-state index contributed by atoms with van der Waals surface area (Å²) >= 11 is 17.6. The number of nitrogens with zero attached hydrogens (tertiary/aromatic N) is 3. The van der Waals surface area contributed by atoms with Gasteiger partial charge in [0.2, 0.25) is 0 Å². The summed E-state index contributed by atoms with van der Waals surface area (Å²) in [5.41, 5.74) is 1.13. The van der Waals surface area contributed by atoms with Gasteiger partial charge in [-0.2, -0.15) is 0 Å². The molecule has 1 amide bonds. The number of hydrogen-bond donors (Lipinski definition) is 0. The lowest BCUT2D eigenvalue weighted by Crippen LogP contribution is -2.30. The zero-order chi connectivity index (χ0) is 15.6. The lowest BCUT2D eigenvalue weighted by Gasteiger charge is -2.25. The van der Waals surface area contributed by atoms with Crippen LogP contribution in [0.5, 0.6) is 0 Å². The Kier molecular flexibility index (Phi) is 5.04. The molecule has 4 nitrogen and oxygen atoms in total. The largest absolute Gasteiger partial charge is 0.335 e. The molecule has 0 N–H and O–H groups in total. The number of benzene rings is 1. The zero-order valence-corrected chi connectivity index (χ0v) is 13.6. The molecule has 1 aromatic carbocycles. The molecule has 2 rings (SSSR count). The van der Waals surface area contributed by atoms with E-state index in [1.165, 1.54) is 6.07 Å². The van der Waals surface area contributed by atoms with Gasteiger partial charge in [-0.25, -0.2) is 0 Å². The molecule has 0 radical (unpaired) electrons. The summed E-state index contributed by atoms with van der Waals surface area (Å²) < 4.78 is 0. The van der Waals surface area contributed by atoms with Crippen molar-refractivity contribution in [2.75, 3.05) is 7.05 Å². The van der Waals surface area contributed by atoms with Crippen LogP contribution in [0.4, 0.5) is 0 Å². The molecule has 110 valence electrons. The summed E-state index contributed by atoms with van der Waals surface area (Å²) in [4.78, 5) is 14.0. The first-order valence-corrected chi connectivity index (χ1v) is 7.25. The summed E-state index contributed by atoms with van der Waals surface area (Å²) in [7, 11) is 1.68. The number of carbonyl (C=O) groups excluding carboxylic acids is 1. The Morgan fingerprint density at radius 3 is 2.57 bits per heavy atom. The molecule has 0 aliphatic carbocycles. The molecular formula is C14H12Cl3N3O. The quantitative estimate of drug-likeness (QED) is 0.835. The van der Waals surface area contributed by atoms with Crippen LogP contribution in [-0.2, 0) is 0 Å². The summed E-state index contributed by atoms with van der Waals surface area (Å²) in [5.74, 6) is -0.288. The summed E-state index contributed by atoms with van der Waals surface area (Å²) in [6.07, 6.45) is 0. The second-order valence-electron chi connectivity index (χ2n) is 4.52. The predicted molar refractivity (Wildman–Crippen MR) is 84.0 cm³/mol. The third-order valence-electron chi connectivity index (χ3n) is 3.18. The topological polar surface area (TPSA) is 46.1 Å². The van der Waals surface area contributed by atoms with Crippen LogP contribution >= 0.6 is 34.8 Å². The Morgan fingerprint density at radius 2 is 1.90 bits per heavy atom. The lowest BCUT2D eigenvalue weighted by molar-refractivity contribution is 0.0742. The van der Waals surface area contributed by atoms with Crippen LogP contribution in [0.25, 0.3) is 0 Å². The van der Waals surface area contributed by atoms with Crippen LogP contribution in [0.15, 0.2) is 30.3 Å². The van der Waals surface area contributed by atoms with E-state index in [9.17, 15) is 4.79 Å². The number of hydrogen-bond acceptors (Lipinski definition) is 3. The molecule has 2 aromatic rings. The van der Waals surface area contributed by atoms with Gasteiger partial charge in [-0.1, -0.05) is 46.9 Å². The van der Waals surface area contributed by atoms with Gasteiger partial charge in [-0.15, -0.1) is 10.2 Å². The SMILES string of the molecule is CC(c1cccc(Cl)c1)N(C)C(=O)c1cc(Cl)nnc1Cl. The van der Waals surface area contributed by atoms with Crippen molar-refractivity contribution in [1.82, 2.24) is 15.1 Å². The molecule has 0 aliphatic rings.